The highest BCUT2D eigenvalue weighted by Crippen LogP contribution is 2.33. The molecule has 150 valence electrons. The smallest absolute Gasteiger partial charge is 0.256 e. The first-order chi connectivity index (χ1) is 14.1. The summed E-state index contributed by atoms with van der Waals surface area (Å²) in [5.41, 5.74) is 2.82. The van der Waals surface area contributed by atoms with Crippen molar-refractivity contribution in [2.45, 2.75) is 13.0 Å². The van der Waals surface area contributed by atoms with Gasteiger partial charge in [-0.3, -0.25) is 9.25 Å². The van der Waals surface area contributed by atoms with Crippen molar-refractivity contribution < 1.29 is 19.7 Å². The van der Waals surface area contributed by atoms with Gasteiger partial charge in [-0.15, -0.1) is 0 Å². The van der Waals surface area contributed by atoms with E-state index in [0.717, 1.165) is 5.56 Å². The van der Waals surface area contributed by atoms with Crippen LogP contribution < -0.4 is 9.47 Å². The third-order valence-electron chi connectivity index (χ3n) is 4.62. The second-order valence-electron chi connectivity index (χ2n) is 6.43. The molecule has 29 heavy (non-hydrogen) atoms. The summed E-state index contributed by atoms with van der Waals surface area (Å²) in [6, 6.07) is 5.44. The van der Waals surface area contributed by atoms with Gasteiger partial charge < -0.3 is 19.7 Å². The molecule has 4 aromatic rings. The van der Waals surface area contributed by atoms with Gasteiger partial charge in [-0.2, -0.15) is 5.10 Å². The summed E-state index contributed by atoms with van der Waals surface area (Å²) in [5.74, 6) is 1.01. The van der Waals surface area contributed by atoms with Gasteiger partial charge in [0, 0.05) is 37.3 Å². The molecule has 0 bridgehead atoms. The predicted octanol–water partition coefficient (Wildman–Crippen LogP) is 2.39. The Morgan fingerprint density at radius 2 is 1.97 bits per heavy atom. The summed E-state index contributed by atoms with van der Waals surface area (Å²) in [4.78, 5) is 8.91. The fraction of sp³-hybridized carbons (Fsp3) is 0.250. The van der Waals surface area contributed by atoms with Crippen LogP contribution in [0, 0.1) is 0 Å². The molecule has 0 fully saturated rings. The molecule has 0 atom stereocenters. The number of aryl methyl sites for hydroxylation is 1. The molecular formula is C20H21N5O4. The first-order valence-electron chi connectivity index (χ1n) is 9.07. The third kappa shape index (κ3) is 3.47. The average molecular weight is 395 g/mol. The molecule has 0 saturated heterocycles. The van der Waals surface area contributed by atoms with E-state index in [1.807, 2.05) is 24.4 Å². The normalized spacial score (nSPS) is 11.1. The third-order valence-corrected chi connectivity index (χ3v) is 4.62. The molecule has 2 N–H and O–H groups in total. The number of hydrogen-bond donors (Lipinski definition) is 2. The first kappa shape index (κ1) is 18.8. The number of aliphatic hydroxyl groups is 1. The molecule has 0 aliphatic heterocycles. The van der Waals surface area contributed by atoms with Crippen LogP contribution in [-0.4, -0.2) is 55.4 Å². The van der Waals surface area contributed by atoms with Crippen LogP contribution >= 0.6 is 0 Å². The lowest BCUT2D eigenvalue weighted by Crippen LogP contribution is -2.00. The zero-order chi connectivity index (χ0) is 20.4. The minimum Gasteiger partial charge on any atom is -0.494 e. The highest BCUT2D eigenvalue weighted by atomic mass is 16.5. The van der Waals surface area contributed by atoms with Crippen molar-refractivity contribution in [3.8, 4) is 34.5 Å². The lowest BCUT2D eigenvalue weighted by molar-refractivity contribution is 0.277. The minimum absolute atomic E-state index is 0.0891. The number of fused-ring (bicyclic) bond motifs is 1. The Bertz CT molecular complexity index is 1150. The minimum atomic E-state index is 0.0891. The summed E-state index contributed by atoms with van der Waals surface area (Å²) in [5, 5.41) is 24.5. The molecule has 9 nitrogen and oxygen atoms in total. The van der Waals surface area contributed by atoms with Crippen LogP contribution in [0.2, 0.25) is 0 Å². The van der Waals surface area contributed by atoms with Crippen molar-refractivity contribution in [2.24, 2.45) is 0 Å². The number of aromatic hydroxyl groups is 1. The van der Waals surface area contributed by atoms with Crippen LogP contribution in [0.4, 0.5) is 0 Å². The van der Waals surface area contributed by atoms with Crippen LogP contribution in [0.5, 0.6) is 17.5 Å². The number of ether oxygens (including phenoxy) is 2. The van der Waals surface area contributed by atoms with Gasteiger partial charge in [0.15, 0.2) is 5.75 Å². The largest absolute Gasteiger partial charge is 0.494 e. The Labute approximate surface area is 166 Å². The Kier molecular flexibility index (Phi) is 5.05. The zero-order valence-electron chi connectivity index (χ0n) is 16.1. The number of pyridine rings is 2. The standard InChI is InChI=1S/C20H21N5O4/c1-28-18-8-13(9-21-19(18)29-2)16-5-4-15-17(23-16)12-25(20(15)27)14-10-22-24(11-14)6-3-7-26/h4-5,8-12,26-27H,3,6-7H2,1-2H3. The average Bonchev–Trinajstić information content (AvgIpc) is 3.35. The molecule has 4 rings (SSSR count). The monoisotopic (exact) mass is 395 g/mol. The van der Waals surface area contributed by atoms with Crippen molar-refractivity contribution in [1.82, 2.24) is 24.3 Å². The highest BCUT2D eigenvalue weighted by Gasteiger charge is 2.15. The zero-order valence-corrected chi connectivity index (χ0v) is 16.1. The Morgan fingerprint density at radius 3 is 2.72 bits per heavy atom. The molecule has 0 amide bonds. The lowest BCUT2D eigenvalue weighted by Gasteiger charge is -2.08. The van der Waals surface area contributed by atoms with E-state index in [4.69, 9.17) is 14.6 Å². The van der Waals surface area contributed by atoms with E-state index in [1.54, 1.807) is 34.9 Å². The molecule has 0 radical (unpaired) electrons. The molecule has 0 aromatic carbocycles. The number of hydrogen-bond acceptors (Lipinski definition) is 7. The maximum absolute atomic E-state index is 10.6. The second-order valence-corrected chi connectivity index (χ2v) is 6.43. The number of rotatable bonds is 7. The van der Waals surface area contributed by atoms with Crippen LogP contribution in [-0.2, 0) is 6.54 Å². The van der Waals surface area contributed by atoms with Gasteiger partial charge in [0.1, 0.15) is 0 Å². The molecule has 0 spiro atoms. The van der Waals surface area contributed by atoms with E-state index < -0.39 is 0 Å². The fourth-order valence-corrected chi connectivity index (χ4v) is 3.14. The van der Waals surface area contributed by atoms with Crippen LogP contribution in [0.1, 0.15) is 6.42 Å². The number of methoxy groups -OCH3 is 2. The molecule has 9 heteroatoms. The van der Waals surface area contributed by atoms with Gasteiger partial charge in [-0.05, 0) is 24.6 Å². The molecule has 4 heterocycles. The van der Waals surface area contributed by atoms with Crippen molar-refractivity contribution in [3.05, 3.63) is 43.0 Å². The Morgan fingerprint density at radius 1 is 1.10 bits per heavy atom. The van der Waals surface area contributed by atoms with Gasteiger partial charge in [0.05, 0.1) is 42.7 Å². The summed E-state index contributed by atoms with van der Waals surface area (Å²) in [6.45, 7) is 0.707. The predicted molar refractivity (Wildman–Crippen MR) is 107 cm³/mol. The second kappa shape index (κ2) is 7.80. The Hall–Kier alpha value is -3.59. The van der Waals surface area contributed by atoms with Crippen molar-refractivity contribution >= 4 is 10.9 Å². The summed E-state index contributed by atoms with van der Waals surface area (Å²) >= 11 is 0. The summed E-state index contributed by atoms with van der Waals surface area (Å²) in [7, 11) is 3.09. The summed E-state index contributed by atoms with van der Waals surface area (Å²) < 4.78 is 13.9. The lowest BCUT2D eigenvalue weighted by atomic mass is 10.1. The molecule has 4 aromatic heterocycles. The molecule has 0 unspecified atom stereocenters. The number of aliphatic hydroxyl groups excluding tert-OH is 1. The van der Waals surface area contributed by atoms with E-state index >= 15 is 0 Å². The number of aromatic nitrogens is 5. The summed E-state index contributed by atoms with van der Waals surface area (Å²) in [6.07, 6.45) is 7.51. The molecule has 0 saturated carbocycles. The van der Waals surface area contributed by atoms with Crippen molar-refractivity contribution in [3.63, 3.8) is 0 Å². The maximum Gasteiger partial charge on any atom is 0.256 e. The SMILES string of the molecule is COc1cc(-c2ccc3c(O)n(-c4cnn(CCCO)c4)cc3n2)cnc1OC. The van der Waals surface area contributed by atoms with E-state index in [2.05, 4.69) is 15.1 Å². The van der Waals surface area contributed by atoms with Gasteiger partial charge in [0.2, 0.25) is 5.88 Å². The van der Waals surface area contributed by atoms with Gasteiger partial charge in [-0.1, -0.05) is 0 Å². The highest BCUT2D eigenvalue weighted by molar-refractivity contribution is 5.87. The van der Waals surface area contributed by atoms with E-state index in [-0.39, 0.29) is 12.5 Å². The fourth-order valence-electron chi connectivity index (χ4n) is 3.14. The molecule has 0 aliphatic rings. The van der Waals surface area contributed by atoms with E-state index in [1.165, 1.54) is 7.11 Å². The van der Waals surface area contributed by atoms with Crippen molar-refractivity contribution in [1.29, 1.82) is 0 Å². The van der Waals surface area contributed by atoms with Gasteiger partial charge >= 0.3 is 0 Å². The van der Waals surface area contributed by atoms with E-state index in [0.29, 0.717) is 46.9 Å². The maximum atomic E-state index is 10.6. The Balaban J connectivity index is 1.71. The van der Waals surface area contributed by atoms with Gasteiger partial charge in [-0.25, -0.2) is 9.97 Å². The van der Waals surface area contributed by atoms with Gasteiger partial charge in [0.25, 0.3) is 5.88 Å². The van der Waals surface area contributed by atoms with Crippen molar-refractivity contribution in [2.75, 3.05) is 20.8 Å². The van der Waals surface area contributed by atoms with Crippen LogP contribution in [0.15, 0.2) is 43.0 Å². The van der Waals surface area contributed by atoms with E-state index in [9.17, 15) is 5.11 Å². The quantitative estimate of drug-likeness (QED) is 0.495. The molecule has 0 aliphatic carbocycles. The van der Waals surface area contributed by atoms with Crippen LogP contribution in [0.25, 0.3) is 27.8 Å². The number of nitrogens with zero attached hydrogens (tertiary/aromatic N) is 5. The topological polar surface area (TPSA) is 107 Å². The molecular weight excluding hydrogens is 374 g/mol. The first-order valence-corrected chi connectivity index (χ1v) is 9.07. The van der Waals surface area contributed by atoms with Crippen LogP contribution in [0.3, 0.4) is 0 Å².